The minimum absolute atomic E-state index is 0.00813. The second-order valence-electron chi connectivity index (χ2n) is 5.42. The minimum Gasteiger partial charge on any atom is -0.342 e. The molecule has 1 aliphatic heterocycles. The number of nitrogens with one attached hydrogen (secondary N) is 1. The Hall–Kier alpha value is -1.13. The molecule has 0 aromatic rings. The molecule has 2 amide bonds. The third kappa shape index (κ3) is 3.25. The summed E-state index contributed by atoms with van der Waals surface area (Å²) >= 11 is 0. The van der Waals surface area contributed by atoms with Gasteiger partial charge in [-0.05, 0) is 11.8 Å². The van der Waals surface area contributed by atoms with Crippen LogP contribution in [0.25, 0.3) is 0 Å². The van der Waals surface area contributed by atoms with Gasteiger partial charge in [0, 0.05) is 6.54 Å². The number of rotatable bonds is 6. The Bertz CT molecular complexity index is 335. The summed E-state index contributed by atoms with van der Waals surface area (Å²) < 4.78 is 12.7. The van der Waals surface area contributed by atoms with Crippen LogP contribution in [0.1, 0.15) is 40.5 Å². The maximum absolute atomic E-state index is 12.7. The van der Waals surface area contributed by atoms with Crippen LogP contribution < -0.4 is 5.32 Å². The van der Waals surface area contributed by atoms with Crippen molar-refractivity contribution in [3.05, 3.63) is 0 Å². The predicted octanol–water partition coefficient (Wildman–Crippen LogP) is 1.74. The molecule has 4 atom stereocenters. The van der Waals surface area contributed by atoms with Crippen LogP contribution in [0.3, 0.4) is 0 Å². The van der Waals surface area contributed by atoms with Crippen molar-refractivity contribution >= 4 is 11.8 Å². The van der Waals surface area contributed by atoms with E-state index in [-0.39, 0.29) is 30.2 Å². The number of hydrogen-bond donors (Lipinski definition) is 1. The average molecular weight is 272 g/mol. The lowest BCUT2D eigenvalue weighted by Gasteiger charge is -2.42. The Kier molecular flexibility index (Phi) is 5.76. The van der Waals surface area contributed by atoms with E-state index < -0.39 is 18.8 Å². The number of carbonyl (C=O) groups excluding carboxylic acids is 2. The van der Waals surface area contributed by atoms with Crippen LogP contribution in [0.2, 0.25) is 0 Å². The zero-order chi connectivity index (χ0) is 14.6. The molecule has 1 N–H and O–H groups in total. The molecule has 1 saturated heterocycles. The topological polar surface area (TPSA) is 49.4 Å². The zero-order valence-corrected chi connectivity index (χ0v) is 12.3. The van der Waals surface area contributed by atoms with Crippen molar-refractivity contribution in [2.75, 3.05) is 13.2 Å². The van der Waals surface area contributed by atoms with Crippen molar-refractivity contribution in [1.29, 1.82) is 0 Å². The SMILES string of the molecule is CCC(C)C1NC(=O)C(C(C)CC)N(CCF)C1=O. The summed E-state index contributed by atoms with van der Waals surface area (Å²) in [4.78, 5) is 26.1. The molecule has 0 aromatic heterocycles. The van der Waals surface area contributed by atoms with Gasteiger partial charge in [0.2, 0.25) is 11.8 Å². The van der Waals surface area contributed by atoms with Gasteiger partial charge < -0.3 is 10.2 Å². The van der Waals surface area contributed by atoms with Crippen LogP contribution >= 0.6 is 0 Å². The molecule has 1 fully saturated rings. The van der Waals surface area contributed by atoms with Gasteiger partial charge in [0.1, 0.15) is 18.8 Å². The van der Waals surface area contributed by atoms with Gasteiger partial charge in [0.25, 0.3) is 0 Å². The van der Waals surface area contributed by atoms with E-state index in [1.165, 1.54) is 4.90 Å². The zero-order valence-electron chi connectivity index (χ0n) is 12.3. The lowest BCUT2D eigenvalue weighted by Crippen LogP contribution is -2.66. The Morgan fingerprint density at radius 2 is 1.79 bits per heavy atom. The summed E-state index contributed by atoms with van der Waals surface area (Å²) in [5.41, 5.74) is 0. The van der Waals surface area contributed by atoms with Crippen molar-refractivity contribution < 1.29 is 14.0 Å². The molecule has 0 bridgehead atoms. The van der Waals surface area contributed by atoms with Crippen LogP contribution in [0.5, 0.6) is 0 Å². The summed E-state index contributed by atoms with van der Waals surface area (Å²) in [5.74, 6) is -0.186. The van der Waals surface area contributed by atoms with E-state index in [1.807, 2.05) is 27.7 Å². The molecule has 4 nitrogen and oxygen atoms in total. The minimum atomic E-state index is -0.612. The molecule has 1 heterocycles. The molecular formula is C14H25FN2O2. The molecule has 1 rings (SSSR count). The van der Waals surface area contributed by atoms with Crippen molar-refractivity contribution in [3.8, 4) is 0 Å². The number of amides is 2. The Labute approximate surface area is 114 Å². The highest BCUT2D eigenvalue weighted by molar-refractivity contribution is 5.97. The van der Waals surface area contributed by atoms with E-state index in [2.05, 4.69) is 5.32 Å². The number of nitrogens with zero attached hydrogens (tertiary/aromatic N) is 1. The molecule has 0 saturated carbocycles. The smallest absolute Gasteiger partial charge is 0.246 e. The quantitative estimate of drug-likeness (QED) is 0.800. The first kappa shape index (κ1) is 15.9. The number of carbonyl (C=O) groups is 2. The third-order valence-corrected chi connectivity index (χ3v) is 4.17. The number of halogens is 1. The van der Waals surface area contributed by atoms with Crippen molar-refractivity contribution in [1.82, 2.24) is 10.2 Å². The van der Waals surface area contributed by atoms with Crippen molar-refractivity contribution in [2.45, 2.75) is 52.6 Å². The lowest BCUT2D eigenvalue weighted by atomic mass is 9.89. The van der Waals surface area contributed by atoms with Gasteiger partial charge in [-0.15, -0.1) is 0 Å². The van der Waals surface area contributed by atoms with E-state index in [1.54, 1.807) is 0 Å². The van der Waals surface area contributed by atoms with Crippen LogP contribution in [0.4, 0.5) is 4.39 Å². The van der Waals surface area contributed by atoms with Crippen LogP contribution in [0, 0.1) is 11.8 Å². The van der Waals surface area contributed by atoms with Gasteiger partial charge in [0.05, 0.1) is 0 Å². The normalized spacial score (nSPS) is 27.1. The van der Waals surface area contributed by atoms with Gasteiger partial charge in [-0.1, -0.05) is 40.5 Å². The Morgan fingerprint density at radius 3 is 2.26 bits per heavy atom. The van der Waals surface area contributed by atoms with Gasteiger partial charge in [-0.2, -0.15) is 0 Å². The third-order valence-electron chi connectivity index (χ3n) is 4.17. The van der Waals surface area contributed by atoms with Gasteiger partial charge >= 0.3 is 0 Å². The van der Waals surface area contributed by atoms with E-state index in [9.17, 15) is 14.0 Å². The summed E-state index contributed by atoms with van der Waals surface area (Å²) in [6.45, 7) is 7.20. The molecule has 0 spiro atoms. The average Bonchev–Trinajstić information content (AvgIpc) is 2.41. The van der Waals surface area contributed by atoms with E-state index in [0.717, 1.165) is 12.8 Å². The molecule has 5 heteroatoms. The van der Waals surface area contributed by atoms with Crippen LogP contribution in [-0.4, -0.2) is 42.0 Å². The number of hydrogen-bond acceptors (Lipinski definition) is 2. The summed E-state index contributed by atoms with van der Waals surface area (Å²) in [6.07, 6.45) is 1.58. The Morgan fingerprint density at radius 1 is 1.21 bits per heavy atom. The van der Waals surface area contributed by atoms with Gasteiger partial charge in [-0.3, -0.25) is 9.59 Å². The fourth-order valence-electron chi connectivity index (χ4n) is 2.51. The lowest BCUT2D eigenvalue weighted by molar-refractivity contribution is -0.153. The maximum Gasteiger partial charge on any atom is 0.246 e. The monoisotopic (exact) mass is 272 g/mol. The summed E-state index contributed by atoms with van der Waals surface area (Å²) in [6, 6.07) is -1.04. The molecule has 1 aliphatic rings. The highest BCUT2D eigenvalue weighted by atomic mass is 19.1. The molecule has 19 heavy (non-hydrogen) atoms. The molecule has 0 aliphatic carbocycles. The molecule has 0 aromatic carbocycles. The summed E-state index contributed by atoms with van der Waals surface area (Å²) in [7, 11) is 0. The maximum atomic E-state index is 12.7. The first-order valence-electron chi connectivity index (χ1n) is 7.14. The number of alkyl halides is 1. The Balaban J connectivity index is 2.99. The van der Waals surface area contributed by atoms with Crippen LogP contribution in [-0.2, 0) is 9.59 Å². The first-order chi connectivity index (χ1) is 8.97. The van der Waals surface area contributed by atoms with Crippen LogP contribution in [0.15, 0.2) is 0 Å². The fourth-order valence-corrected chi connectivity index (χ4v) is 2.51. The molecule has 4 unspecified atom stereocenters. The highest BCUT2D eigenvalue weighted by Crippen LogP contribution is 2.23. The largest absolute Gasteiger partial charge is 0.342 e. The highest BCUT2D eigenvalue weighted by Gasteiger charge is 2.43. The summed E-state index contributed by atoms with van der Waals surface area (Å²) in [5, 5.41) is 2.82. The van der Waals surface area contributed by atoms with E-state index in [0.29, 0.717) is 0 Å². The first-order valence-corrected chi connectivity index (χ1v) is 7.14. The van der Waals surface area contributed by atoms with Crippen molar-refractivity contribution in [3.63, 3.8) is 0 Å². The number of piperazine rings is 1. The van der Waals surface area contributed by atoms with E-state index >= 15 is 0 Å². The van der Waals surface area contributed by atoms with E-state index in [4.69, 9.17) is 0 Å². The standard InChI is InChI=1S/C14H25FN2O2/c1-5-9(3)11-14(19)17(8-7-15)12(10(4)6-2)13(18)16-11/h9-12H,5-8H2,1-4H3,(H,16,18). The second kappa shape index (κ2) is 6.87. The van der Waals surface area contributed by atoms with Gasteiger partial charge in [0.15, 0.2) is 0 Å². The predicted molar refractivity (Wildman–Crippen MR) is 72.3 cm³/mol. The molecule has 110 valence electrons. The van der Waals surface area contributed by atoms with Gasteiger partial charge in [-0.25, -0.2) is 4.39 Å². The fraction of sp³-hybridized carbons (Fsp3) is 0.857. The second-order valence-corrected chi connectivity index (χ2v) is 5.42. The van der Waals surface area contributed by atoms with Crippen molar-refractivity contribution in [2.24, 2.45) is 11.8 Å². The molecule has 0 radical (unpaired) electrons. The molecular weight excluding hydrogens is 247 g/mol.